The second-order valence-corrected chi connectivity index (χ2v) is 11.5. The second kappa shape index (κ2) is 11.0. The lowest BCUT2D eigenvalue weighted by Crippen LogP contribution is -2.40. The van der Waals surface area contributed by atoms with E-state index < -0.39 is 10.0 Å². The van der Waals surface area contributed by atoms with Gasteiger partial charge in [0.15, 0.2) is 0 Å². The summed E-state index contributed by atoms with van der Waals surface area (Å²) >= 11 is 1.31. The summed E-state index contributed by atoms with van der Waals surface area (Å²) in [6.07, 6.45) is 0. The number of fused-ring (bicyclic) bond motifs is 1. The molecule has 2 heterocycles. The van der Waals surface area contributed by atoms with Crippen LogP contribution in [0, 0.1) is 6.92 Å². The molecule has 1 aliphatic rings. The van der Waals surface area contributed by atoms with Crippen LogP contribution in [0.1, 0.15) is 5.56 Å². The van der Waals surface area contributed by atoms with Crippen LogP contribution in [0.3, 0.4) is 0 Å². The van der Waals surface area contributed by atoms with Crippen LogP contribution in [0.5, 0.6) is 0 Å². The fraction of sp³-hybridized carbons (Fsp3) is 0.222. The van der Waals surface area contributed by atoms with Crippen molar-refractivity contribution in [2.24, 2.45) is 0 Å². The molecule has 1 N–H and O–H groups in total. The number of nitrogens with one attached hydrogen (secondary N) is 1. The molecule has 190 valence electrons. The number of carbonyl (C=O) groups excluding carboxylic acids is 1. The third-order valence-corrected chi connectivity index (χ3v) is 9.12. The Kier molecular flexibility index (Phi) is 7.52. The summed E-state index contributed by atoms with van der Waals surface area (Å²) in [5.74, 6) is 0.0435. The highest BCUT2D eigenvalue weighted by Gasteiger charge is 2.28. The van der Waals surface area contributed by atoms with Gasteiger partial charge in [-0.25, -0.2) is 8.42 Å². The zero-order chi connectivity index (χ0) is 25.8. The molecular formula is C27H26N4O4S2. The summed E-state index contributed by atoms with van der Waals surface area (Å²) < 4.78 is 33.6. The SMILES string of the molecule is Cc1ccc(-c2nnc(SCC(=O)Nc3ccccc3)c3ccccc23)cc1S(=O)(=O)N1CCOCC1. The van der Waals surface area contributed by atoms with Crippen LogP contribution in [0.15, 0.2) is 82.7 Å². The molecule has 1 fully saturated rings. The lowest BCUT2D eigenvalue weighted by atomic mass is 10.0. The molecular weight excluding hydrogens is 508 g/mol. The topological polar surface area (TPSA) is 101 Å². The van der Waals surface area contributed by atoms with Gasteiger partial charge in [-0.05, 0) is 30.7 Å². The van der Waals surface area contributed by atoms with E-state index in [1.807, 2.05) is 60.7 Å². The van der Waals surface area contributed by atoms with Gasteiger partial charge >= 0.3 is 0 Å². The molecule has 1 aliphatic heterocycles. The van der Waals surface area contributed by atoms with Crippen LogP contribution in [0.2, 0.25) is 0 Å². The smallest absolute Gasteiger partial charge is 0.243 e. The molecule has 1 saturated heterocycles. The predicted molar refractivity (Wildman–Crippen MR) is 145 cm³/mol. The molecule has 10 heteroatoms. The molecule has 1 aromatic heterocycles. The number of hydrogen-bond acceptors (Lipinski definition) is 7. The Hall–Kier alpha value is -3.31. The number of morpholine rings is 1. The third-order valence-electron chi connectivity index (χ3n) is 6.10. The van der Waals surface area contributed by atoms with Gasteiger partial charge in [0.2, 0.25) is 15.9 Å². The predicted octanol–water partition coefficient (Wildman–Crippen LogP) is 4.36. The fourth-order valence-corrected chi connectivity index (χ4v) is 6.63. The molecule has 5 rings (SSSR count). The summed E-state index contributed by atoms with van der Waals surface area (Å²) in [6.45, 7) is 3.23. The maximum atomic E-state index is 13.4. The first kappa shape index (κ1) is 25.3. The highest BCUT2D eigenvalue weighted by molar-refractivity contribution is 8.00. The molecule has 3 aromatic carbocycles. The van der Waals surface area contributed by atoms with Crippen molar-refractivity contribution in [3.63, 3.8) is 0 Å². The van der Waals surface area contributed by atoms with Crippen LogP contribution in [0.4, 0.5) is 5.69 Å². The van der Waals surface area contributed by atoms with Gasteiger partial charge < -0.3 is 10.1 Å². The number of rotatable bonds is 7. The van der Waals surface area contributed by atoms with Gasteiger partial charge in [-0.1, -0.05) is 66.4 Å². The second-order valence-electron chi connectivity index (χ2n) is 8.60. The lowest BCUT2D eigenvalue weighted by Gasteiger charge is -2.26. The normalized spacial score (nSPS) is 14.5. The fourth-order valence-electron chi connectivity index (χ4n) is 4.20. The first-order valence-corrected chi connectivity index (χ1v) is 14.3. The number of para-hydroxylation sites is 1. The summed E-state index contributed by atoms with van der Waals surface area (Å²) in [5, 5.41) is 14.1. The van der Waals surface area contributed by atoms with Gasteiger partial charge in [-0.15, -0.1) is 10.2 Å². The molecule has 0 radical (unpaired) electrons. The van der Waals surface area contributed by atoms with Crippen molar-refractivity contribution in [1.82, 2.24) is 14.5 Å². The molecule has 1 amide bonds. The molecule has 37 heavy (non-hydrogen) atoms. The van der Waals surface area contributed by atoms with E-state index in [-0.39, 0.29) is 16.6 Å². The number of anilines is 1. The number of ether oxygens (including phenoxy) is 1. The van der Waals surface area contributed by atoms with E-state index in [4.69, 9.17) is 4.74 Å². The first-order chi connectivity index (χ1) is 17.9. The van der Waals surface area contributed by atoms with E-state index in [2.05, 4.69) is 15.5 Å². The van der Waals surface area contributed by atoms with E-state index in [0.717, 1.165) is 16.5 Å². The van der Waals surface area contributed by atoms with Gasteiger partial charge in [0.25, 0.3) is 0 Å². The van der Waals surface area contributed by atoms with E-state index in [9.17, 15) is 13.2 Å². The van der Waals surface area contributed by atoms with Crippen LogP contribution in [0.25, 0.3) is 22.0 Å². The number of aryl methyl sites for hydroxylation is 1. The van der Waals surface area contributed by atoms with Crippen molar-refractivity contribution in [2.45, 2.75) is 16.8 Å². The minimum absolute atomic E-state index is 0.136. The van der Waals surface area contributed by atoms with Crippen molar-refractivity contribution in [2.75, 3.05) is 37.4 Å². The third kappa shape index (κ3) is 5.52. The van der Waals surface area contributed by atoms with Gasteiger partial charge in [-0.3, -0.25) is 4.79 Å². The number of hydrogen-bond donors (Lipinski definition) is 1. The monoisotopic (exact) mass is 534 g/mol. The Morgan fingerprint density at radius 1 is 0.973 bits per heavy atom. The average Bonchev–Trinajstić information content (AvgIpc) is 2.93. The van der Waals surface area contributed by atoms with Crippen molar-refractivity contribution >= 4 is 44.2 Å². The van der Waals surface area contributed by atoms with E-state index in [1.165, 1.54) is 16.1 Å². The van der Waals surface area contributed by atoms with Crippen LogP contribution in [-0.4, -0.2) is 60.9 Å². The number of amides is 1. The van der Waals surface area contributed by atoms with Crippen LogP contribution < -0.4 is 5.32 Å². The summed E-state index contributed by atoms with van der Waals surface area (Å²) in [4.78, 5) is 12.7. The summed E-state index contributed by atoms with van der Waals surface area (Å²) in [7, 11) is -3.67. The van der Waals surface area contributed by atoms with E-state index >= 15 is 0 Å². The molecule has 0 atom stereocenters. The van der Waals surface area contributed by atoms with E-state index in [0.29, 0.717) is 48.2 Å². The van der Waals surface area contributed by atoms with E-state index in [1.54, 1.807) is 19.1 Å². The lowest BCUT2D eigenvalue weighted by molar-refractivity contribution is -0.113. The van der Waals surface area contributed by atoms with Gasteiger partial charge in [0.05, 0.1) is 23.9 Å². The number of carbonyl (C=O) groups is 1. The summed E-state index contributed by atoms with van der Waals surface area (Å²) in [5.41, 5.74) is 2.66. The molecule has 0 saturated carbocycles. The quantitative estimate of drug-likeness (QED) is 0.352. The number of nitrogens with zero attached hydrogens (tertiary/aromatic N) is 3. The van der Waals surface area contributed by atoms with Crippen molar-refractivity contribution in [3.8, 4) is 11.3 Å². The van der Waals surface area contributed by atoms with Crippen LogP contribution in [-0.2, 0) is 19.6 Å². The van der Waals surface area contributed by atoms with Gasteiger partial charge in [0.1, 0.15) is 10.7 Å². The standard InChI is InChI=1S/C27H26N4O4S2/c1-19-11-12-20(17-24(19)37(33,34)31-13-15-35-16-14-31)26-22-9-5-6-10-23(22)27(30-29-26)36-18-25(32)28-21-7-3-2-4-8-21/h2-12,17H,13-16,18H2,1H3,(H,28,32). The Balaban J connectivity index is 1.44. The largest absolute Gasteiger partial charge is 0.379 e. The maximum Gasteiger partial charge on any atom is 0.243 e. The van der Waals surface area contributed by atoms with Gasteiger partial charge in [-0.2, -0.15) is 4.31 Å². The molecule has 0 unspecified atom stereocenters. The van der Waals surface area contributed by atoms with Crippen LogP contribution >= 0.6 is 11.8 Å². The van der Waals surface area contributed by atoms with Crippen molar-refractivity contribution < 1.29 is 17.9 Å². The molecule has 0 aliphatic carbocycles. The van der Waals surface area contributed by atoms with Crippen molar-refractivity contribution in [3.05, 3.63) is 78.4 Å². The Morgan fingerprint density at radius 2 is 1.68 bits per heavy atom. The number of thioether (sulfide) groups is 1. The molecule has 4 aromatic rings. The molecule has 0 bridgehead atoms. The Morgan fingerprint density at radius 3 is 2.43 bits per heavy atom. The molecule has 8 nitrogen and oxygen atoms in total. The van der Waals surface area contributed by atoms with Crippen molar-refractivity contribution in [1.29, 1.82) is 0 Å². The minimum Gasteiger partial charge on any atom is -0.379 e. The average molecular weight is 535 g/mol. The minimum atomic E-state index is -3.67. The number of benzene rings is 3. The van der Waals surface area contributed by atoms with Gasteiger partial charge in [0, 0.05) is 35.1 Å². The number of sulfonamides is 1. The Bertz CT molecular complexity index is 1540. The Labute approximate surface area is 220 Å². The maximum absolute atomic E-state index is 13.4. The zero-order valence-electron chi connectivity index (χ0n) is 20.3. The highest BCUT2D eigenvalue weighted by atomic mass is 32.2. The number of aromatic nitrogens is 2. The zero-order valence-corrected chi connectivity index (χ0v) is 21.9. The highest BCUT2D eigenvalue weighted by Crippen LogP contribution is 2.34. The summed E-state index contributed by atoms with van der Waals surface area (Å²) in [6, 6.07) is 22.3. The molecule has 0 spiro atoms. The first-order valence-electron chi connectivity index (χ1n) is 11.9.